The fourth-order valence-electron chi connectivity index (χ4n) is 2.92. The van der Waals surface area contributed by atoms with E-state index in [1.165, 1.54) is 6.42 Å². The average molecular weight is 368 g/mol. The summed E-state index contributed by atoms with van der Waals surface area (Å²) in [5.74, 6) is 0.606. The Kier molecular flexibility index (Phi) is 6.68. The van der Waals surface area contributed by atoms with Crippen molar-refractivity contribution in [3.63, 3.8) is 0 Å². The van der Waals surface area contributed by atoms with Gasteiger partial charge in [-0.3, -0.25) is 9.59 Å². The molecule has 6 heteroatoms. The van der Waals surface area contributed by atoms with Gasteiger partial charge >= 0.3 is 0 Å². The molecular formula is C21H24N2O4. The lowest BCUT2D eigenvalue weighted by molar-refractivity contribution is -0.134. The number of hydrogen-bond donors (Lipinski definition) is 1. The minimum atomic E-state index is -0.264. The lowest BCUT2D eigenvalue weighted by atomic mass is 10.1. The number of para-hydroxylation sites is 3. The molecule has 142 valence electrons. The van der Waals surface area contributed by atoms with Crippen LogP contribution in [-0.2, 0) is 9.59 Å². The molecule has 0 atom stereocenters. The third-order valence-electron chi connectivity index (χ3n) is 4.33. The molecule has 6 nitrogen and oxygen atoms in total. The maximum absolute atomic E-state index is 12.2. The zero-order valence-electron chi connectivity index (χ0n) is 15.2. The van der Waals surface area contributed by atoms with Gasteiger partial charge < -0.3 is 19.7 Å². The highest BCUT2D eigenvalue weighted by Crippen LogP contribution is 2.26. The normalized spacial score (nSPS) is 13.7. The Morgan fingerprint density at radius 1 is 0.815 bits per heavy atom. The Labute approximate surface area is 159 Å². The molecule has 2 aromatic carbocycles. The van der Waals surface area contributed by atoms with Crippen LogP contribution < -0.4 is 14.8 Å². The summed E-state index contributed by atoms with van der Waals surface area (Å²) in [4.78, 5) is 26.1. The van der Waals surface area contributed by atoms with E-state index in [0.29, 0.717) is 17.2 Å². The SMILES string of the molecule is O=C(COc1ccccc1OCC(=O)N1CCCCC1)Nc1ccccc1. The van der Waals surface area contributed by atoms with Crippen molar-refractivity contribution in [2.24, 2.45) is 0 Å². The number of carbonyl (C=O) groups excluding carboxylic acids is 2. The van der Waals surface area contributed by atoms with E-state index in [9.17, 15) is 9.59 Å². The van der Waals surface area contributed by atoms with Gasteiger partial charge in [0, 0.05) is 18.8 Å². The number of benzene rings is 2. The first-order valence-electron chi connectivity index (χ1n) is 9.20. The summed E-state index contributed by atoms with van der Waals surface area (Å²) in [6.45, 7) is 1.41. The molecule has 1 N–H and O–H groups in total. The lowest BCUT2D eigenvalue weighted by Gasteiger charge is -2.26. The van der Waals surface area contributed by atoms with Crippen LogP contribution in [0.5, 0.6) is 11.5 Å². The molecule has 1 fully saturated rings. The maximum atomic E-state index is 12.2. The summed E-state index contributed by atoms with van der Waals surface area (Å²) < 4.78 is 11.2. The smallest absolute Gasteiger partial charge is 0.262 e. The van der Waals surface area contributed by atoms with Gasteiger partial charge in [0.2, 0.25) is 0 Å². The summed E-state index contributed by atoms with van der Waals surface area (Å²) in [5.41, 5.74) is 0.711. The van der Waals surface area contributed by atoms with Crippen LogP contribution in [0.25, 0.3) is 0 Å². The van der Waals surface area contributed by atoms with Crippen LogP contribution in [0.1, 0.15) is 19.3 Å². The second-order valence-electron chi connectivity index (χ2n) is 6.38. The number of rotatable bonds is 7. The zero-order valence-corrected chi connectivity index (χ0v) is 15.2. The van der Waals surface area contributed by atoms with E-state index in [0.717, 1.165) is 25.9 Å². The van der Waals surface area contributed by atoms with Crippen LogP contribution in [0.3, 0.4) is 0 Å². The van der Waals surface area contributed by atoms with Crippen LogP contribution in [-0.4, -0.2) is 43.0 Å². The van der Waals surface area contributed by atoms with Crippen LogP contribution >= 0.6 is 0 Å². The number of nitrogens with zero attached hydrogens (tertiary/aromatic N) is 1. The highest BCUT2D eigenvalue weighted by atomic mass is 16.5. The molecule has 3 rings (SSSR count). The van der Waals surface area contributed by atoms with Gasteiger partial charge in [0.15, 0.2) is 24.7 Å². The molecule has 0 saturated carbocycles. The number of likely N-dealkylation sites (tertiary alicyclic amines) is 1. The van der Waals surface area contributed by atoms with E-state index in [1.807, 2.05) is 23.1 Å². The van der Waals surface area contributed by atoms with Gasteiger partial charge in [0.05, 0.1) is 0 Å². The van der Waals surface area contributed by atoms with Crippen LogP contribution in [0, 0.1) is 0 Å². The molecule has 0 spiro atoms. The number of nitrogens with one attached hydrogen (secondary N) is 1. The largest absolute Gasteiger partial charge is 0.480 e. The van der Waals surface area contributed by atoms with Crippen molar-refractivity contribution in [3.8, 4) is 11.5 Å². The Balaban J connectivity index is 1.51. The standard InChI is InChI=1S/C21H24N2O4/c24-20(22-17-9-3-1-4-10-17)15-26-18-11-5-6-12-19(18)27-16-21(25)23-13-7-2-8-14-23/h1,3-6,9-12H,2,7-8,13-16H2,(H,22,24). The number of hydrogen-bond acceptors (Lipinski definition) is 4. The first-order chi connectivity index (χ1) is 13.2. The molecule has 0 aliphatic carbocycles. The summed E-state index contributed by atoms with van der Waals surface area (Å²) >= 11 is 0. The van der Waals surface area contributed by atoms with Crippen LogP contribution in [0.15, 0.2) is 54.6 Å². The van der Waals surface area contributed by atoms with E-state index in [2.05, 4.69) is 5.32 Å². The summed E-state index contributed by atoms with van der Waals surface area (Å²) in [7, 11) is 0. The fourth-order valence-corrected chi connectivity index (χ4v) is 2.92. The van der Waals surface area contributed by atoms with Gasteiger partial charge in [-0.25, -0.2) is 0 Å². The number of piperidine rings is 1. The molecule has 1 aliphatic heterocycles. The first kappa shape index (κ1) is 18.8. The monoisotopic (exact) mass is 368 g/mol. The summed E-state index contributed by atoms with van der Waals surface area (Å²) in [6, 6.07) is 16.2. The zero-order chi connectivity index (χ0) is 18.9. The summed E-state index contributed by atoms with van der Waals surface area (Å²) in [5, 5.41) is 2.76. The van der Waals surface area contributed by atoms with Crippen molar-refractivity contribution >= 4 is 17.5 Å². The van der Waals surface area contributed by atoms with Gasteiger partial charge in [0.25, 0.3) is 11.8 Å². The van der Waals surface area contributed by atoms with Crippen molar-refractivity contribution in [2.45, 2.75) is 19.3 Å². The van der Waals surface area contributed by atoms with Gasteiger partial charge in [0.1, 0.15) is 0 Å². The molecule has 0 unspecified atom stereocenters. The van der Waals surface area contributed by atoms with E-state index in [-0.39, 0.29) is 25.0 Å². The lowest BCUT2D eigenvalue weighted by Crippen LogP contribution is -2.38. The molecule has 1 saturated heterocycles. The number of amides is 2. The molecule has 2 amide bonds. The molecule has 2 aromatic rings. The average Bonchev–Trinajstić information content (AvgIpc) is 2.72. The van der Waals surface area contributed by atoms with E-state index >= 15 is 0 Å². The molecular weight excluding hydrogens is 344 g/mol. The van der Waals surface area contributed by atoms with Crippen molar-refractivity contribution in [3.05, 3.63) is 54.6 Å². The van der Waals surface area contributed by atoms with E-state index in [1.54, 1.807) is 36.4 Å². The van der Waals surface area contributed by atoms with Gasteiger partial charge in [-0.15, -0.1) is 0 Å². The number of ether oxygens (including phenoxy) is 2. The Bertz CT molecular complexity index is 758. The van der Waals surface area contributed by atoms with E-state index in [4.69, 9.17) is 9.47 Å². The Morgan fingerprint density at radius 3 is 2.07 bits per heavy atom. The molecule has 0 aromatic heterocycles. The molecule has 0 radical (unpaired) electrons. The minimum Gasteiger partial charge on any atom is -0.480 e. The molecule has 0 bridgehead atoms. The second-order valence-corrected chi connectivity index (χ2v) is 6.38. The van der Waals surface area contributed by atoms with Gasteiger partial charge in [-0.2, -0.15) is 0 Å². The topological polar surface area (TPSA) is 67.9 Å². The quantitative estimate of drug-likeness (QED) is 0.815. The fraction of sp³-hybridized carbons (Fsp3) is 0.333. The predicted octanol–water partition coefficient (Wildman–Crippen LogP) is 3.10. The van der Waals surface area contributed by atoms with Crippen molar-refractivity contribution < 1.29 is 19.1 Å². The van der Waals surface area contributed by atoms with E-state index < -0.39 is 0 Å². The number of carbonyl (C=O) groups is 2. The maximum Gasteiger partial charge on any atom is 0.262 e. The Hall–Kier alpha value is -3.02. The van der Waals surface area contributed by atoms with Crippen molar-refractivity contribution in [2.75, 3.05) is 31.6 Å². The van der Waals surface area contributed by atoms with Gasteiger partial charge in [-0.1, -0.05) is 30.3 Å². The number of anilines is 1. The molecule has 27 heavy (non-hydrogen) atoms. The van der Waals surface area contributed by atoms with Crippen molar-refractivity contribution in [1.82, 2.24) is 4.90 Å². The first-order valence-corrected chi connectivity index (χ1v) is 9.20. The van der Waals surface area contributed by atoms with Crippen LogP contribution in [0.4, 0.5) is 5.69 Å². The Morgan fingerprint density at radius 2 is 1.41 bits per heavy atom. The van der Waals surface area contributed by atoms with Gasteiger partial charge in [-0.05, 0) is 43.5 Å². The summed E-state index contributed by atoms with van der Waals surface area (Å²) in [6.07, 6.45) is 3.26. The van der Waals surface area contributed by atoms with Crippen molar-refractivity contribution in [1.29, 1.82) is 0 Å². The molecule has 1 heterocycles. The van der Waals surface area contributed by atoms with Crippen LogP contribution in [0.2, 0.25) is 0 Å². The highest BCUT2D eigenvalue weighted by molar-refractivity contribution is 5.91. The third-order valence-corrected chi connectivity index (χ3v) is 4.33. The highest BCUT2D eigenvalue weighted by Gasteiger charge is 2.17. The third kappa shape index (κ3) is 5.74. The predicted molar refractivity (Wildman–Crippen MR) is 103 cm³/mol. The molecule has 1 aliphatic rings. The minimum absolute atomic E-state index is 0.0219. The second kappa shape index (κ2) is 9.62.